The van der Waals surface area contributed by atoms with Crippen molar-refractivity contribution in [3.05, 3.63) is 42.1 Å². The van der Waals surface area contributed by atoms with Crippen LogP contribution in [0.3, 0.4) is 0 Å². The van der Waals surface area contributed by atoms with Crippen LogP contribution in [0.5, 0.6) is 0 Å². The van der Waals surface area contributed by atoms with Crippen LogP contribution in [0.25, 0.3) is 21.8 Å². The summed E-state index contributed by atoms with van der Waals surface area (Å²) in [7, 11) is 3.52. The number of aromatic nitrogens is 4. The van der Waals surface area contributed by atoms with Crippen LogP contribution >= 0.6 is 0 Å². The summed E-state index contributed by atoms with van der Waals surface area (Å²) in [5.41, 5.74) is 2.31. The van der Waals surface area contributed by atoms with Gasteiger partial charge in [-0.2, -0.15) is 10.2 Å². The van der Waals surface area contributed by atoms with E-state index in [9.17, 15) is 4.39 Å². The molecule has 0 aliphatic carbocycles. The highest BCUT2D eigenvalue weighted by atomic mass is 19.1. The largest absolute Gasteiger partial charge is 0.368 e. The van der Waals surface area contributed by atoms with Crippen LogP contribution in [0.15, 0.2) is 30.5 Å². The molecule has 0 spiro atoms. The predicted octanol–water partition coefficient (Wildman–Crippen LogP) is 3.67. The molecule has 7 nitrogen and oxygen atoms in total. The predicted molar refractivity (Wildman–Crippen MR) is 119 cm³/mol. The van der Waals surface area contributed by atoms with Crippen molar-refractivity contribution in [1.82, 2.24) is 24.9 Å². The Kier molecular flexibility index (Phi) is 4.58. The minimum atomic E-state index is -0.439. The van der Waals surface area contributed by atoms with E-state index in [4.69, 9.17) is 0 Å². The van der Waals surface area contributed by atoms with E-state index in [2.05, 4.69) is 39.6 Å². The van der Waals surface area contributed by atoms with E-state index in [0.29, 0.717) is 45.4 Å². The number of rotatable bonds is 3. The molecule has 2 atom stereocenters. The maximum Gasteiger partial charge on any atom is 0.163 e. The normalized spacial score (nSPS) is 19.5. The number of hydrogen-bond acceptors (Lipinski definition) is 5. The summed E-state index contributed by atoms with van der Waals surface area (Å²) in [4.78, 5) is 2.19. The molecule has 0 bridgehead atoms. The van der Waals surface area contributed by atoms with Gasteiger partial charge in [-0.1, -0.05) is 0 Å². The first kappa shape index (κ1) is 19.7. The molecule has 0 radical (unpaired) electrons. The molecule has 1 fully saturated rings. The number of benzene rings is 2. The average Bonchev–Trinajstić information content (AvgIpc) is 3.21. The van der Waals surface area contributed by atoms with E-state index < -0.39 is 5.82 Å². The zero-order valence-electron chi connectivity index (χ0n) is 17.9. The molecular weight excluding hydrogens is 400 g/mol. The van der Waals surface area contributed by atoms with E-state index in [1.807, 2.05) is 6.07 Å². The van der Waals surface area contributed by atoms with Crippen LogP contribution in [-0.2, 0) is 14.1 Å². The molecule has 0 amide bonds. The van der Waals surface area contributed by atoms with Gasteiger partial charge in [0.25, 0.3) is 0 Å². The van der Waals surface area contributed by atoms with Crippen LogP contribution in [0.4, 0.5) is 26.0 Å². The van der Waals surface area contributed by atoms with Crippen LogP contribution in [0.2, 0.25) is 0 Å². The fourth-order valence-electron chi connectivity index (χ4n) is 4.55. The van der Waals surface area contributed by atoms with Crippen molar-refractivity contribution >= 4 is 39.0 Å². The Balaban J connectivity index is 1.53. The molecule has 2 aromatic heterocycles. The van der Waals surface area contributed by atoms with Crippen LogP contribution in [0, 0.1) is 11.6 Å². The minimum Gasteiger partial charge on any atom is -0.368 e. The van der Waals surface area contributed by atoms with Gasteiger partial charge in [0.1, 0.15) is 11.3 Å². The van der Waals surface area contributed by atoms with Gasteiger partial charge in [-0.3, -0.25) is 9.36 Å². The topological polar surface area (TPSA) is 62.9 Å². The second-order valence-corrected chi connectivity index (χ2v) is 8.49. The molecule has 2 aromatic carbocycles. The molecule has 1 aliphatic heterocycles. The van der Waals surface area contributed by atoms with Gasteiger partial charge < -0.3 is 15.5 Å². The highest BCUT2D eigenvalue weighted by Gasteiger charge is 2.24. The van der Waals surface area contributed by atoms with E-state index >= 15 is 4.39 Å². The lowest BCUT2D eigenvalue weighted by molar-refractivity contribution is 0.407. The first-order valence-corrected chi connectivity index (χ1v) is 10.4. The second kappa shape index (κ2) is 7.19. The number of halogens is 2. The van der Waals surface area contributed by atoms with E-state index in [1.165, 1.54) is 6.07 Å². The lowest BCUT2D eigenvalue weighted by atomic mass is 10.1. The number of fused-ring (bicyclic) bond motifs is 2. The molecule has 2 unspecified atom stereocenters. The Morgan fingerprint density at radius 3 is 2.48 bits per heavy atom. The van der Waals surface area contributed by atoms with Crippen molar-refractivity contribution in [2.75, 3.05) is 23.3 Å². The van der Waals surface area contributed by atoms with E-state index in [0.717, 1.165) is 18.8 Å². The number of piperazine rings is 1. The third-order valence-electron chi connectivity index (χ3n) is 5.75. The number of nitrogens with one attached hydrogen (secondary N) is 2. The van der Waals surface area contributed by atoms with Crippen molar-refractivity contribution in [1.29, 1.82) is 0 Å². The van der Waals surface area contributed by atoms with Crippen molar-refractivity contribution in [3.8, 4) is 0 Å². The quantitative estimate of drug-likeness (QED) is 0.525. The lowest BCUT2D eigenvalue weighted by Crippen LogP contribution is -2.54. The third-order valence-corrected chi connectivity index (χ3v) is 5.75. The summed E-state index contributed by atoms with van der Waals surface area (Å²) in [6.07, 6.45) is 1.74. The summed E-state index contributed by atoms with van der Waals surface area (Å²) < 4.78 is 33.0. The Morgan fingerprint density at radius 2 is 1.74 bits per heavy atom. The van der Waals surface area contributed by atoms with Crippen molar-refractivity contribution in [3.63, 3.8) is 0 Å². The van der Waals surface area contributed by atoms with Crippen molar-refractivity contribution < 1.29 is 8.78 Å². The maximum atomic E-state index is 15.3. The summed E-state index contributed by atoms with van der Waals surface area (Å²) in [5, 5.41) is 16.2. The van der Waals surface area contributed by atoms with Gasteiger partial charge in [-0.25, -0.2) is 8.78 Å². The van der Waals surface area contributed by atoms with Crippen LogP contribution < -0.4 is 15.5 Å². The monoisotopic (exact) mass is 425 g/mol. The number of nitrogens with zero attached hydrogens (tertiary/aromatic N) is 5. The number of hydrogen-bond donors (Lipinski definition) is 2. The molecule has 0 saturated carbocycles. The molecule has 2 N–H and O–H groups in total. The Morgan fingerprint density at radius 1 is 1.00 bits per heavy atom. The van der Waals surface area contributed by atoms with Gasteiger partial charge in [0.2, 0.25) is 0 Å². The zero-order chi connectivity index (χ0) is 21.9. The molecule has 31 heavy (non-hydrogen) atoms. The standard InChI is InChI=1S/C22H25F2N7/c1-12-9-31(10-13(2)25-12)16-7-17(23)20-19(8-16)30(4)28-22(20)26-15-5-14-11-29(3)27-21(14)18(24)6-15/h5-8,11-13,25H,9-10H2,1-4H3,(H,26,28). The van der Waals surface area contributed by atoms with Crippen LogP contribution in [0.1, 0.15) is 13.8 Å². The average molecular weight is 425 g/mol. The van der Waals surface area contributed by atoms with Crippen molar-refractivity contribution in [2.45, 2.75) is 25.9 Å². The van der Waals surface area contributed by atoms with Gasteiger partial charge in [-0.15, -0.1) is 0 Å². The molecule has 162 valence electrons. The maximum absolute atomic E-state index is 15.3. The SMILES string of the molecule is CC1CN(c2cc(F)c3c(Nc4cc(F)c5nn(C)cc5c4)nn(C)c3c2)CC(C)N1. The van der Waals surface area contributed by atoms with Crippen LogP contribution in [-0.4, -0.2) is 44.7 Å². The summed E-state index contributed by atoms with van der Waals surface area (Å²) in [6.45, 7) is 5.87. The minimum absolute atomic E-state index is 0.300. The lowest BCUT2D eigenvalue weighted by Gasteiger charge is -2.37. The second-order valence-electron chi connectivity index (χ2n) is 8.49. The number of aryl methyl sites for hydroxylation is 2. The number of anilines is 3. The Bertz CT molecular complexity index is 1280. The highest BCUT2D eigenvalue weighted by Crippen LogP contribution is 2.33. The molecule has 4 aromatic rings. The summed E-state index contributed by atoms with van der Waals surface area (Å²) in [5.74, 6) is -0.443. The summed E-state index contributed by atoms with van der Waals surface area (Å²) in [6, 6.07) is 7.30. The first-order valence-electron chi connectivity index (χ1n) is 10.4. The third kappa shape index (κ3) is 3.48. The van der Waals surface area contributed by atoms with E-state index in [-0.39, 0.29) is 5.82 Å². The van der Waals surface area contributed by atoms with Gasteiger partial charge in [0.15, 0.2) is 11.6 Å². The van der Waals surface area contributed by atoms with E-state index in [1.54, 1.807) is 41.8 Å². The fraction of sp³-hybridized carbons (Fsp3) is 0.364. The smallest absolute Gasteiger partial charge is 0.163 e. The van der Waals surface area contributed by atoms with Gasteiger partial charge >= 0.3 is 0 Å². The molecule has 5 rings (SSSR count). The molecular formula is C22H25F2N7. The zero-order valence-corrected chi connectivity index (χ0v) is 17.9. The van der Waals surface area contributed by atoms with Gasteiger partial charge in [0, 0.05) is 62.2 Å². The van der Waals surface area contributed by atoms with Gasteiger partial charge in [-0.05, 0) is 38.1 Å². The van der Waals surface area contributed by atoms with Gasteiger partial charge in [0.05, 0.1) is 10.9 Å². The highest BCUT2D eigenvalue weighted by molar-refractivity contribution is 5.95. The Hall–Kier alpha value is -3.20. The molecule has 9 heteroatoms. The Labute approximate surface area is 178 Å². The molecule has 3 heterocycles. The molecule has 1 aliphatic rings. The fourth-order valence-corrected chi connectivity index (χ4v) is 4.55. The summed E-state index contributed by atoms with van der Waals surface area (Å²) >= 11 is 0. The van der Waals surface area contributed by atoms with Crippen molar-refractivity contribution in [2.24, 2.45) is 14.1 Å². The molecule has 1 saturated heterocycles. The first-order chi connectivity index (χ1) is 14.8.